The van der Waals surface area contributed by atoms with Crippen LogP contribution in [-0.2, 0) is 22.7 Å². The topological polar surface area (TPSA) is 27.3 Å². The molecule has 1 aliphatic rings. The monoisotopic (exact) mass is 474 g/mol. The number of piperazine rings is 1. The number of rotatable bonds is 8. The molecule has 0 unspecified atom stereocenters. The van der Waals surface area contributed by atoms with Gasteiger partial charge in [0.05, 0.1) is 13.2 Å². The van der Waals surface area contributed by atoms with Crippen LogP contribution in [0.4, 0.5) is 0 Å². The summed E-state index contributed by atoms with van der Waals surface area (Å²) in [5.74, 6) is 12.8. The number of benzene rings is 2. The Morgan fingerprint density at radius 2 is 0.938 bits per heavy atom. The van der Waals surface area contributed by atoms with E-state index in [1.165, 1.54) is 11.1 Å². The predicted molar refractivity (Wildman–Crippen MR) is 119 cm³/mol. The van der Waals surface area contributed by atoms with Crippen molar-refractivity contribution < 1.29 is 44.1 Å². The van der Waals surface area contributed by atoms with Crippen molar-refractivity contribution in [3.8, 4) is 23.7 Å². The lowest BCUT2D eigenvalue weighted by Crippen LogP contribution is -3.28. The normalized spacial score (nSPS) is 16.9. The van der Waals surface area contributed by atoms with Crippen LogP contribution in [0.5, 0.6) is 0 Å². The maximum Gasteiger partial charge on any atom is 0.139 e. The van der Waals surface area contributed by atoms with Crippen LogP contribution in [0.15, 0.2) is 60.7 Å². The first-order chi connectivity index (χ1) is 14.9. The van der Waals surface area contributed by atoms with Gasteiger partial charge in [-0.1, -0.05) is 72.5 Å². The first kappa shape index (κ1) is 28.0. The van der Waals surface area contributed by atoms with E-state index in [1.807, 2.05) is 36.4 Å². The van der Waals surface area contributed by atoms with E-state index >= 15 is 0 Å². The summed E-state index contributed by atoms with van der Waals surface area (Å²) in [6, 6.07) is 20.4. The summed E-state index contributed by atoms with van der Waals surface area (Å²) in [4.78, 5) is 3.13. The fraction of sp³-hybridized carbons (Fsp3) is 0.385. The summed E-state index contributed by atoms with van der Waals surface area (Å²) in [6.45, 7) is 8.68. The Balaban J connectivity index is 0.00000256. The molecule has 0 saturated carbocycles. The lowest BCUT2D eigenvalue weighted by atomic mass is 10.2. The van der Waals surface area contributed by atoms with Crippen molar-refractivity contribution in [2.75, 3.05) is 52.5 Å². The van der Waals surface area contributed by atoms with Gasteiger partial charge >= 0.3 is 0 Å². The van der Waals surface area contributed by atoms with Crippen LogP contribution in [0.2, 0.25) is 0 Å². The molecule has 0 amide bonds. The highest BCUT2D eigenvalue weighted by molar-refractivity contribution is 5.14. The zero-order valence-electron chi connectivity index (χ0n) is 18.4. The fourth-order valence-corrected chi connectivity index (χ4v) is 3.38. The Kier molecular flexibility index (Phi) is 15.3. The van der Waals surface area contributed by atoms with Crippen LogP contribution in [0.1, 0.15) is 11.1 Å². The minimum Gasteiger partial charge on any atom is -1.00 e. The summed E-state index contributed by atoms with van der Waals surface area (Å²) in [7, 11) is 0. The Hall–Kier alpha value is -2.02. The van der Waals surface area contributed by atoms with Crippen LogP contribution in [-0.4, -0.2) is 52.5 Å². The first-order valence-corrected chi connectivity index (χ1v) is 10.7. The molecule has 1 saturated heterocycles. The summed E-state index contributed by atoms with van der Waals surface area (Å²) in [5.41, 5.74) is 2.38. The third-order valence-corrected chi connectivity index (χ3v) is 5.16. The van der Waals surface area contributed by atoms with Crippen molar-refractivity contribution in [1.29, 1.82) is 0 Å². The number of halogens is 2. The minimum absolute atomic E-state index is 0. The molecule has 32 heavy (non-hydrogen) atoms. The van der Waals surface area contributed by atoms with Crippen molar-refractivity contribution >= 4 is 0 Å². The Labute approximate surface area is 205 Å². The highest BCUT2D eigenvalue weighted by atomic mass is 35.5. The van der Waals surface area contributed by atoms with Crippen LogP contribution >= 0.6 is 0 Å². The van der Waals surface area contributed by atoms with Gasteiger partial charge in [-0.3, -0.25) is 0 Å². The van der Waals surface area contributed by atoms with Crippen LogP contribution < -0.4 is 34.6 Å². The van der Waals surface area contributed by atoms with E-state index in [-0.39, 0.29) is 24.8 Å². The lowest BCUT2D eigenvalue weighted by Gasteiger charge is -2.27. The molecule has 1 aliphatic heterocycles. The molecule has 172 valence electrons. The van der Waals surface area contributed by atoms with Gasteiger partial charge in [0.15, 0.2) is 0 Å². The molecule has 2 aromatic rings. The number of ether oxygens (including phenoxy) is 2. The van der Waals surface area contributed by atoms with Crippen molar-refractivity contribution in [3.05, 3.63) is 71.8 Å². The average Bonchev–Trinajstić information content (AvgIpc) is 2.81. The fourth-order valence-electron chi connectivity index (χ4n) is 3.38. The van der Waals surface area contributed by atoms with Gasteiger partial charge in [0.1, 0.15) is 52.5 Å². The number of hydrogen-bond donors (Lipinski definition) is 2. The van der Waals surface area contributed by atoms with Gasteiger partial charge in [-0.15, -0.1) is 0 Å². The van der Waals surface area contributed by atoms with Crippen molar-refractivity contribution in [2.24, 2.45) is 0 Å². The lowest BCUT2D eigenvalue weighted by molar-refractivity contribution is -1.01. The molecule has 0 aromatic heterocycles. The second-order valence-corrected chi connectivity index (χ2v) is 7.52. The molecule has 1 fully saturated rings. The van der Waals surface area contributed by atoms with Gasteiger partial charge in [-0.2, -0.15) is 0 Å². The van der Waals surface area contributed by atoms with E-state index in [0.717, 1.165) is 39.3 Å². The SMILES string of the molecule is C(#CC[NH+]1CC[NH+](CC#CCOCc2ccccc2)CC1)COCc1ccccc1.[Cl-].[Cl-]. The van der Waals surface area contributed by atoms with Gasteiger partial charge in [-0.05, 0) is 23.0 Å². The molecule has 4 nitrogen and oxygen atoms in total. The van der Waals surface area contributed by atoms with E-state index in [4.69, 9.17) is 9.47 Å². The number of nitrogens with one attached hydrogen (secondary N) is 2. The molecular formula is C26H32Cl2N2O2. The molecule has 0 aliphatic carbocycles. The molecule has 0 radical (unpaired) electrons. The zero-order valence-corrected chi connectivity index (χ0v) is 19.9. The summed E-state index contributed by atoms with van der Waals surface area (Å²) >= 11 is 0. The second-order valence-electron chi connectivity index (χ2n) is 7.52. The summed E-state index contributed by atoms with van der Waals surface area (Å²) in [5, 5.41) is 0. The zero-order chi connectivity index (χ0) is 20.7. The van der Waals surface area contributed by atoms with E-state index < -0.39 is 0 Å². The predicted octanol–water partition coefficient (Wildman–Crippen LogP) is -5.78. The summed E-state index contributed by atoms with van der Waals surface area (Å²) < 4.78 is 11.2. The molecule has 1 heterocycles. The molecule has 6 heteroatoms. The Morgan fingerprint density at radius 3 is 1.31 bits per heavy atom. The second kappa shape index (κ2) is 17.5. The number of quaternary nitrogens is 2. The average molecular weight is 475 g/mol. The van der Waals surface area contributed by atoms with Crippen molar-refractivity contribution in [3.63, 3.8) is 0 Å². The third kappa shape index (κ3) is 11.6. The standard InChI is InChI=1S/C26H30N2O2.2ClH/c1-3-11-25(12-4-1)23-29-21-9-7-15-27-17-19-28(20-18-27)16-8-10-22-30-24-26-13-5-2-6-14-26;;/h1-6,11-14H,15-24H2;2*1H. The van der Waals surface area contributed by atoms with Crippen LogP contribution in [0, 0.1) is 23.7 Å². The van der Waals surface area contributed by atoms with Gasteiger partial charge in [0, 0.05) is 0 Å². The maximum absolute atomic E-state index is 5.61. The Morgan fingerprint density at radius 1 is 0.562 bits per heavy atom. The highest BCUT2D eigenvalue weighted by Crippen LogP contribution is 2.00. The van der Waals surface area contributed by atoms with Gasteiger partial charge in [0.2, 0.25) is 0 Å². The van der Waals surface area contributed by atoms with Crippen molar-refractivity contribution in [1.82, 2.24) is 0 Å². The largest absolute Gasteiger partial charge is 1.00 e. The molecule has 2 aromatic carbocycles. The van der Waals surface area contributed by atoms with E-state index in [0.29, 0.717) is 26.4 Å². The maximum atomic E-state index is 5.61. The molecule has 0 atom stereocenters. The van der Waals surface area contributed by atoms with Gasteiger partial charge in [-0.25, -0.2) is 0 Å². The van der Waals surface area contributed by atoms with E-state index in [1.54, 1.807) is 9.80 Å². The third-order valence-electron chi connectivity index (χ3n) is 5.16. The first-order valence-electron chi connectivity index (χ1n) is 10.7. The number of hydrogen-bond acceptors (Lipinski definition) is 2. The molecule has 0 bridgehead atoms. The molecule has 2 N–H and O–H groups in total. The van der Waals surface area contributed by atoms with E-state index in [2.05, 4.69) is 47.9 Å². The van der Waals surface area contributed by atoms with Crippen LogP contribution in [0.3, 0.4) is 0 Å². The summed E-state index contributed by atoms with van der Waals surface area (Å²) in [6.07, 6.45) is 0. The van der Waals surface area contributed by atoms with Gasteiger partial charge in [0.25, 0.3) is 0 Å². The highest BCUT2D eigenvalue weighted by Gasteiger charge is 2.20. The molecular weight excluding hydrogens is 443 g/mol. The van der Waals surface area contributed by atoms with Crippen molar-refractivity contribution in [2.45, 2.75) is 13.2 Å². The smallest absolute Gasteiger partial charge is 0.139 e. The Bertz CT molecular complexity index is 776. The molecule has 3 rings (SSSR count). The quantitative estimate of drug-likeness (QED) is 0.294. The van der Waals surface area contributed by atoms with Crippen LogP contribution in [0.25, 0.3) is 0 Å². The van der Waals surface area contributed by atoms with E-state index in [9.17, 15) is 0 Å². The molecule has 0 spiro atoms. The minimum atomic E-state index is 0. The van der Waals surface area contributed by atoms with Gasteiger partial charge < -0.3 is 44.1 Å².